The Balaban J connectivity index is 0.00000192. The van der Waals surface area contributed by atoms with Gasteiger partial charge in [-0.1, -0.05) is 11.6 Å². The van der Waals surface area contributed by atoms with Crippen LogP contribution in [0.15, 0.2) is 53.7 Å². The summed E-state index contributed by atoms with van der Waals surface area (Å²) in [4.78, 5) is 8.39. The van der Waals surface area contributed by atoms with Crippen LogP contribution < -0.4 is 5.32 Å². The summed E-state index contributed by atoms with van der Waals surface area (Å²) >= 11 is 5.94. The summed E-state index contributed by atoms with van der Waals surface area (Å²) in [6, 6.07) is 11.4. The van der Waals surface area contributed by atoms with E-state index in [1.807, 2.05) is 6.07 Å². The molecule has 3 rings (SSSR count). The average Bonchev–Trinajstić information content (AvgIpc) is 2.47. The van der Waals surface area contributed by atoms with Crippen molar-refractivity contribution in [3.63, 3.8) is 0 Å². The molecule has 0 fully saturated rings. The van der Waals surface area contributed by atoms with Crippen molar-refractivity contribution in [2.75, 3.05) is 5.32 Å². The smallest absolute Gasteiger partial charge is 0.261 e. The molecule has 120 valence electrons. The van der Waals surface area contributed by atoms with Crippen molar-refractivity contribution in [3.05, 3.63) is 53.8 Å². The molecule has 2 aromatic carbocycles. The van der Waals surface area contributed by atoms with Gasteiger partial charge in [0, 0.05) is 26.8 Å². The highest BCUT2D eigenvalue weighted by molar-refractivity contribution is 8.13. The van der Waals surface area contributed by atoms with E-state index in [1.54, 1.807) is 24.3 Å². The number of halogens is 3. The summed E-state index contributed by atoms with van der Waals surface area (Å²) in [6.45, 7) is 0. The highest BCUT2D eigenvalue weighted by Crippen LogP contribution is 2.26. The van der Waals surface area contributed by atoms with E-state index < -0.39 is 9.05 Å². The van der Waals surface area contributed by atoms with Crippen LogP contribution in [0.4, 0.5) is 11.5 Å². The second-order valence-corrected chi connectivity index (χ2v) is 7.47. The van der Waals surface area contributed by atoms with Gasteiger partial charge in [0.15, 0.2) is 0 Å². The number of hydrogen-bond acceptors (Lipinski definition) is 5. The van der Waals surface area contributed by atoms with E-state index in [-0.39, 0.29) is 17.3 Å². The van der Waals surface area contributed by atoms with Gasteiger partial charge in [-0.15, -0.1) is 12.4 Å². The number of benzene rings is 2. The Labute approximate surface area is 148 Å². The van der Waals surface area contributed by atoms with Gasteiger partial charge < -0.3 is 5.32 Å². The fourth-order valence-electron chi connectivity index (χ4n) is 1.97. The van der Waals surface area contributed by atoms with E-state index in [0.29, 0.717) is 22.0 Å². The molecule has 0 saturated carbocycles. The number of anilines is 2. The van der Waals surface area contributed by atoms with Crippen LogP contribution >= 0.6 is 34.7 Å². The van der Waals surface area contributed by atoms with Gasteiger partial charge in [0.05, 0.1) is 10.4 Å². The van der Waals surface area contributed by atoms with E-state index in [1.165, 1.54) is 18.5 Å². The molecule has 1 aromatic heterocycles. The number of rotatable bonds is 3. The van der Waals surface area contributed by atoms with Gasteiger partial charge in [0.25, 0.3) is 9.05 Å². The van der Waals surface area contributed by atoms with Crippen LogP contribution in [0.1, 0.15) is 0 Å². The van der Waals surface area contributed by atoms with Crippen LogP contribution in [0.5, 0.6) is 0 Å². The quantitative estimate of drug-likeness (QED) is 0.672. The summed E-state index contributed by atoms with van der Waals surface area (Å²) in [7, 11) is 1.56. The third-order valence-electron chi connectivity index (χ3n) is 3.00. The summed E-state index contributed by atoms with van der Waals surface area (Å²) < 4.78 is 22.4. The molecular formula is C14H10Cl3N3O2S. The molecule has 0 unspecified atom stereocenters. The second-order valence-electron chi connectivity index (χ2n) is 4.47. The molecule has 0 aliphatic rings. The molecule has 0 aliphatic heterocycles. The Hall–Kier alpha value is -1.60. The highest BCUT2D eigenvalue weighted by Gasteiger charge is 2.10. The first kappa shape index (κ1) is 17.7. The lowest BCUT2D eigenvalue weighted by atomic mass is 10.2. The summed E-state index contributed by atoms with van der Waals surface area (Å²) in [5.41, 5.74) is 1.39. The first-order valence-corrected chi connectivity index (χ1v) is 8.84. The van der Waals surface area contributed by atoms with Crippen LogP contribution in [0.25, 0.3) is 10.9 Å². The van der Waals surface area contributed by atoms with Gasteiger partial charge in [-0.2, -0.15) is 0 Å². The summed E-state index contributed by atoms with van der Waals surface area (Å²) in [6.07, 6.45) is 1.43. The van der Waals surface area contributed by atoms with Gasteiger partial charge in [-0.05, 0) is 42.5 Å². The van der Waals surface area contributed by atoms with Crippen LogP contribution in [0.3, 0.4) is 0 Å². The Bertz CT molecular complexity index is 947. The largest absolute Gasteiger partial charge is 0.340 e. The first-order valence-electron chi connectivity index (χ1n) is 6.15. The lowest BCUT2D eigenvalue weighted by molar-refractivity contribution is 0.609. The molecule has 0 radical (unpaired) electrons. The van der Waals surface area contributed by atoms with Crippen molar-refractivity contribution < 1.29 is 8.42 Å². The van der Waals surface area contributed by atoms with Gasteiger partial charge in [-0.3, -0.25) is 0 Å². The zero-order chi connectivity index (χ0) is 15.7. The first-order chi connectivity index (χ1) is 10.4. The van der Waals surface area contributed by atoms with Crippen molar-refractivity contribution in [1.29, 1.82) is 0 Å². The molecule has 0 atom stereocenters. The monoisotopic (exact) mass is 389 g/mol. The van der Waals surface area contributed by atoms with Crippen LogP contribution in [0, 0.1) is 0 Å². The molecule has 9 heteroatoms. The summed E-state index contributed by atoms with van der Waals surface area (Å²) in [5.74, 6) is 0.600. The number of nitrogens with one attached hydrogen (secondary N) is 1. The molecule has 1 N–H and O–H groups in total. The lowest BCUT2D eigenvalue weighted by Crippen LogP contribution is -1.97. The Kier molecular flexibility index (Phi) is 5.31. The molecule has 1 heterocycles. The van der Waals surface area contributed by atoms with Crippen LogP contribution in [-0.4, -0.2) is 18.4 Å². The zero-order valence-electron chi connectivity index (χ0n) is 11.4. The van der Waals surface area contributed by atoms with Crippen molar-refractivity contribution in [2.24, 2.45) is 0 Å². The maximum absolute atomic E-state index is 11.2. The Morgan fingerprint density at radius 2 is 1.70 bits per heavy atom. The average molecular weight is 391 g/mol. The standard InChI is InChI=1S/C14H9Cl2N3O2S.ClH/c15-9-1-6-12-13(7-9)17-8-18-14(12)19-10-2-4-11(5-3-10)22(16,20)21;/h1-8H,(H,17,18,19);1H. The minimum absolute atomic E-state index is 0. The molecule has 3 aromatic rings. The third-order valence-corrected chi connectivity index (χ3v) is 4.60. The predicted octanol–water partition coefficient (Wildman–Crippen LogP) is 4.38. The highest BCUT2D eigenvalue weighted by atomic mass is 35.7. The van der Waals surface area contributed by atoms with Crippen molar-refractivity contribution in [2.45, 2.75) is 4.90 Å². The minimum Gasteiger partial charge on any atom is -0.340 e. The molecule has 23 heavy (non-hydrogen) atoms. The van der Waals surface area contributed by atoms with Gasteiger partial charge in [0.2, 0.25) is 0 Å². The van der Waals surface area contributed by atoms with Crippen molar-refractivity contribution in [1.82, 2.24) is 9.97 Å². The third kappa shape index (κ3) is 4.03. The molecule has 0 spiro atoms. The number of hydrogen-bond donors (Lipinski definition) is 1. The maximum atomic E-state index is 11.2. The van der Waals surface area contributed by atoms with Crippen molar-refractivity contribution >= 4 is 66.1 Å². The molecular weight excluding hydrogens is 381 g/mol. The van der Waals surface area contributed by atoms with E-state index in [9.17, 15) is 8.42 Å². The normalized spacial score (nSPS) is 11.0. The van der Waals surface area contributed by atoms with E-state index in [0.717, 1.165) is 5.39 Å². The van der Waals surface area contributed by atoms with Crippen LogP contribution in [0.2, 0.25) is 5.02 Å². The molecule has 5 nitrogen and oxygen atoms in total. The molecule has 0 aliphatic carbocycles. The Morgan fingerprint density at radius 3 is 2.35 bits per heavy atom. The molecule has 0 saturated heterocycles. The van der Waals surface area contributed by atoms with E-state index in [4.69, 9.17) is 22.3 Å². The number of aromatic nitrogens is 2. The van der Waals surface area contributed by atoms with Gasteiger partial charge in [0.1, 0.15) is 12.1 Å². The minimum atomic E-state index is -3.73. The fourth-order valence-corrected chi connectivity index (χ4v) is 2.90. The number of nitrogens with zero attached hydrogens (tertiary/aromatic N) is 2. The van der Waals surface area contributed by atoms with E-state index >= 15 is 0 Å². The van der Waals surface area contributed by atoms with Crippen LogP contribution in [-0.2, 0) is 9.05 Å². The Morgan fingerprint density at radius 1 is 1.00 bits per heavy atom. The van der Waals surface area contributed by atoms with Gasteiger partial charge in [-0.25, -0.2) is 18.4 Å². The lowest BCUT2D eigenvalue weighted by Gasteiger charge is -2.08. The second kappa shape index (κ2) is 6.88. The van der Waals surface area contributed by atoms with E-state index in [2.05, 4.69) is 15.3 Å². The topological polar surface area (TPSA) is 72.0 Å². The summed E-state index contributed by atoms with van der Waals surface area (Å²) in [5, 5.41) is 4.51. The maximum Gasteiger partial charge on any atom is 0.261 e. The fraction of sp³-hybridized carbons (Fsp3) is 0. The molecule has 0 bridgehead atoms. The number of fused-ring (bicyclic) bond motifs is 1. The zero-order valence-corrected chi connectivity index (χ0v) is 14.5. The van der Waals surface area contributed by atoms with Gasteiger partial charge >= 0.3 is 0 Å². The predicted molar refractivity (Wildman–Crippen MR) is 94.6 cm³/mol. The molecule has 0 amide bonds. The van der Waals surface area contributed by atoms with Crippen molar-refractivity contribution in [3.8, 4) is 0 Å². The SMILES string of the molecule is Cl.O=S(=O)(Cl)c1ccc(Nc2ncnc3cc(Cl)ccc23)cc1.